The van der Waals surface area contributed by atoms with E-state index in [1.165, 1.54) is 0 Å². The maximum absolute atomic E-state index is 5.83. The molecule has 0 aromatic carbocycles. The number of nitrogens with one attached hydrogen (secondary N) is 2. The molecule has 1 aliphatic rings. The van der Waals surface area contributed by atoms with Crippen molar-refractivity contribution in [3.8, 4) is 0 Å². The fourth-order valence-corrected chi connectivity index (χ4v) is 2.91. The lowest BCUT2D eigenvalue weighted by Gasteiger charge is -2.53. The lowest BCUT2D eigenvalue weighted by atomic mass is 9.61. The fraction of sp³-hybridized carbons (Fsp3) is 0.786. The van der Waals surface area contributed by atoms with E-state index in [0.29, 0.717) is 12.1 Å². The molecule has 0 saturated heterocycles. The number of aromatic amines is 1. The molecule has 1 aliphatic carbocycles. The number of aromatic nitrogens is 2. The summed E-state index contributed by atoms with van der Waals surface area (Å²) in [5, 5.41) is 10.9. The minimum Gasteiger partial charge on any atom is -0.379 e. The van der Waals surface area contributed by atoms with Crippen LogP contribution in [0.3, 0.4) is 0 Å². The molecule has 2 rings (SSSR count). The zero-order valence-electron chi connectivity index (χ0n) is 12.1. The van der Waals surface area contributed by atoms with Crippen LogP contribution in [0.25, 0.3) is 0 Å². The Labute approximate surface area is 110 Å². The van der Waals surface area contributed by atoms with Crippen LogP contribution in [-0.2, 0) is 4.74 Å². The summed E-state index contributed by atoms with van der Waals surface area (Å²) < 4.78 is 5.83. The van der Waals surface area contributed by atoms with E-state index in [0.717, 1.165) is 36.5 Å². The Kier molecular flexibility index (Phi) is 3.66. The zero-order valence-corrected chi connectivity index (χ0v) is 12.1. The van der Waals surface area contributed by atoms with Gasteiger partial charge in [0, 0.05) is 18.1 Å². The first-order valence-electron chi connectivity index (χ1n) is 6.92. The van der Waals surface area contributed by atoms with Crippen molar-refractivity contribution in [2.24, 2.45) is 5.41 Å². The van der Waals surface area contributed by atoms with Gasteiger partial charge < -0.3 is 10.1 Å². The largest absolute Gasteiger partial charge is 0.379 e. The average Bonchev–Trinajstić information content (AvgIpc) is 2.67. The van der Waals surface area contributed by atoms with Gasteiger partial charge in [0.1, 0.15) is 0 Å². The van der Waals surface area contributed by atoms with E-state index in [1.807, 2.05) is 6.92 Å². The third kappa shape index (κ3) is 2.03. The zero-order chi connectivity index (χ0) is 13.3. The molecule has 2 N–H and O–H groups in total. The highest BCUT2D eigenvalue weighted by Gasteiger charge is 2.51. The third-order valence-corrected chi connectivity index (χ3v) is 4.56. The van der Waals surface area contributed by atoms with Crippen molar-refractivity contribution in [3.05, 3.63) is 11.4 Å². The normalized spacial score (nSPS) is 31.2. The second-order valence-corrected chi connectivity index (χ2v) is 5.54. The van der Waals surface area contributed by atoms with Gasteiger partial charge in [-0.15, -0.1) is 0 Å². The Balaban J connectivity index is 2.08. The van der Waals surface area contributed by atoms with E-state index in [-0.39, 0.29) is 5.41 Å². The number of hydrogen-bond donors (Lipinski definition) is 2. The SMILES string of the molecule is CCOC1CC(Nc2c(C)n[nH]c2C)C1(C)CC. The van der Waals surface area contributed by atoms with Crippen LogP contribution in [0.5, 0.6) is 0 Å². The molecule has 102 valence electrons. The average molecular weight is 251 g/mol. The summed E-state index contributed by atoms with van der Waals surface area (Å²) in [5.41, 5.74) is 3.55. The molecule has 0 bridgehead atoms. The number of rotatable bonds is 5. The Hall–Kier alpha value is -1.03. The lowest BCUT2D eigenvalue weighted by Crippen LogP contribution is -2.59. The van der Waals surface area contributed by atoms with Crippen molar-refractivity contribution in [1.29, 1.82) is 0 Å². The van der Waals surface area contributed by atoms with Crippen LogP contribution in [-0.4, -0.2) is 29.0 Å². The van der Waals surface area contributed by atoms with Gasteiger partial charge in [-0.2, -0.15) is 5.10 Å². The first kappa shape index (κ1) is 13.4. The monoisotopic (exact) mass is 251 g/mol. The van der Waals surface area contributed by atoms with E-state index in [4.69, 9.17) is 4.74 Å². The van der Waals surface area contributed by atoms with Crippen LogP contribution in [0, 0.1) is 19.3 Å². The summed E-state index contributed by atoms with van der Waals surface area (Å²) in [6.07, 6.45) is 2.60. The molecule has 4 nitrogen and oxygen atoms in total. The van der Waals surface area contributed by atoms with Crippen LogP contribution in [0.15, 0.2) is 0 Å². The van der Waals surface area contributed by atoms with Gasteiger partial charge in [-0.05, 0) is 33.6 Å². The summed E-state index contributed by atoms with van der Waals surface area (Å²) >= 11 is 0. The van der Waals surface area contributed by atoms with Gasteiger partial charge in [0.05, 0.1) is 23.2 Å². The Morgan fingerprint density at radius 2 is 2.17 bits per heavy atom. The van der Waals surface area contributed by atoms with Gasteiger partial charge in [-0.25, -0.2) is 0 Å². The minimum atomic E-state index is 0.228. The van der Waals surface area contributed by atoms with Crippen LogP contribution in [0.4, 0.5) is 5.69 Å². The molecular weight excluding hydrogens is 226 g/mol. The van der Waals surface area contributed by atoms with Crippen LogP contribution in [0.1, 0.15) is 45.0 Å². The maximum Gasteiger partial charge on any atom is 0.0825 e. The molecule has 3 unspecified atom stereocenters. The summed E-state index contributed by atoms with van der Waals surface area (Å²) in [7, 11) is 0. The van der Waals surface area contributed by atoms with E-state index in [2.05, 4.69) is 43.2 Å². The summed E-state index contributed by atoms with van der Waals surface area (Å²) in [6, 6.07) is 0.481. The van der Waals surface area contributed by atoms with E-state index in [9.17, 15) is 0 Å². The second kappa shape index (κ2) is 4.92. The van der Waals surface area contributed by atoms with E-state index in [1.54, 1.807) is 0 Å². The lowest BCUT2D eigenvalue weighted by molar-refractivity contribution is -0.109. The number of hydrogen-bond acceptors (Lipinski definition) is 3. The summed E-state index contributed by atoms with van der Waals surface area (Å²) in [4.78, 5) is 0. The van der Waals surface area contributed by atoms with Crippen molar-refractivity contribution < 1.29 is 4.74 Å². The highest BCUT2D eigenvalue weighted by atomic mass is 16.5. The predicted octanol–water partition coefficient (Wildman–Crippen LogP) is 3.03. The van der Waals surface area contributed by atoms with Gasteiger partial charge >= 0.3 is 0 Å². The number of H-pyrrole nitrogens is 1. The molecule has 1 aromatic heterocycles. The van der Waals surface area contributed by atoms with Gasteiger partial charge in [0.2, 0.25) is 0 Å². The molecule has 1 fully saturated rings. The Morgan fingerprint density at radius 1 is 1.44 bits per heavy atom. The quantitative estimate of drug-likeness (QED) is 0.845. The molecule has 4 heteroatoms. The van der Waals surface area contributed by atoms with E-state index < -0.39 is 0 Å². The molecule has 1 saturated carbocycles. The smallest absolute Gasteiger partial charge is 0.0825 e. The van der Waals surface area contributed by atoms with Gasteiger partial charge in [0.25, 0.3) is 0 Å². The first-order chi connectivity index (χ1) is 8.52. The fourth-order valence-electron chi connectivity index (χ4n) is 2.91. The summed E-state index contributed by atoms with van der Waals surface area (Å²) in [6.45, 7) is 11.5. The molecule has 0 amide bonds. The molecule has 18 heavy (non-hydrogen) atoms. The molecule has 1 heterocycles. The topological polar surface area (TPSA) is 49.9 Å². The van der Waals surface area contributed by atoms with Gasteiger partial charge in [0.15, 0.2) is 0 Å². The number of anilines is 1. The highest BCUT2D eigenvalue weighted by Crippen LogP contribution is 2.47. The first-order valence-corrected chi connectivity index (χ1v) is 6.92. The molecule has 0 spiro atoms. The summed E-state index contributed by atoms with van der Waals surface area (Å²) in [5.74, 6) is 0. The van der Waals surface area contributed by atoms with Crippen LogP contribution < -0.4 is 5.32 Å². The Morgan fingerprint density at radius 3 is 2.67 bits per heavy atom. The number of nitrogens with zero attached hydrogens (tertiary/aromatic N) is 1. The number of aryl methyl sites for hydroxylation is 2. The second-order valence-electron chi connectivity index (χ2n) is 5.54. The molecule has 3 atom stereocenters. The van der Waals surface area contributed by atoms with Crippen LogP contribution in [0.2, 0.25) is 0 Å². The molecule has 0 aliphatic heterocycles. The Bertz CT molecular complexity index is 396. The minimum absolute atomic E-state index is 0.228. The number of ether oxygens (including phenoxy) is 1. The van der Waals surface area contributed by atoms with Crippen LogP contribution >= 0.6 is 0 Å². The molecular formula is C14H25N3O. The van der Waals surface area contributed by atoms with Crippen molar-refractivity contribution in [2.45, 2.75) is 59.6 Å². The van der Waals surface area contributed by atoms with Crippen molar-refractivity contribution in [1.82, 2.24) is 10.2 Å². The van der Waals surface area contributed by atoms with Crippen molar-refractivity contribution in [3.63, 3.8) is 0 Å². The van der Waals surface area contributed by atoms with Crippen molar-refractivity contribution in [2.75, 3.05) is 11.9 Å². The van der Waals surface area contributed by atoms with Gasteiger partial charge in [-0.3, -0.25) is 5.10 Å². The van der Waals surface area contributed by atoms with Crippen molar-refractivity contribution >= 4 is 5.69 Å². The van der Waals surface area contributed by atoms with E-state index >= 15 is 0 Å². The maximum atomic E-state index is 5.83. The predicted molar refractivity (Wildman–Crippen MR) is 73.9 cm³/mol. The standard InChI is InChI=1S/C14H25N3O/c1-6-14(5)11(8-12(14)18-7-2)15-13-9(3)16-17-10(13)4/h11-12,15H,6-8H2,1-5H3,(H,16,17). The highest BCUT2D eigenvalue weighted by molar-refractivity contribution is 5.53. The molecule has 1 aromatic rings. The molecule has 0 radical (unpaired) electrons. The van der Waals surface area contributed by atoms with Gasteiger partial charge in [-0.1, -0.05) is 13.8 Å². The third-order valence-electron chi connectivity index (χ3n) is 4.56.